The summed E-state index contributed by atoms with van der Waals surface area (Å²) in [5.41, 5.74) is 2.27. The van der Waals surface area contributed by atoms with E-state index in [9.17, 15) is 4.79 Å². The molecule has 1 atom stereocenters. The Bertz CT molecular complexity index is 1130. The number of aryl methyl sites for hydroxylation is 2. The molecule has 9 heteroatoms. The molecule has 2 heterocycles. The summed E-state index contributed by atoms with van der Waals surface area (Å²) >= 11 is 6.50. The standard InChI is InChI=1S/C24H30ClN5O3/c1-15(2)14-30-23(25)20(16(3)28-30)7-8-21(31)27-22(24-26-9-10-29(24)4)17-11-18(32-5)13-19(12-17)33-6/h7-13,15,22H,14H2,1-6H3,(H,27,31)/b8-7+. The molecule has 0 aliphatic heterocycles. The number of nitrogens with zero attached hydrogens (tertiary/aromatic N) is 4. The van der Waals surface area contributed by atoms with Crippen LogP contribution in [0.25, 0.3) is 6.08 Å². The summed E-state index contributed by atoms with van der Waals surface area (Å²) in [5.74, 6) is 2.02. The van der Waals surface area contributed by atoms with E-state index in [0.717, 1.165) is 16.8 Å². The number of nitrogens with one attached hydrogen (secondary N) is 1. The van der Waals surface area contributed by atoms with Gasteiger partial charge in [-0.25, -0.2) is 4.98 Å². The second-order valence-corrected chi connectivity index (χ2v) is 8.54. The van der Waals surface area contributed by atoms with E-state index in [-0.39, 0.29) is 5.91 Å². The lowest BCUT2D eigenvalue weighted by molar-refractivity contribution is -0.117. The third-order valence-electron chi connectivity index (χ3n) is 5.16. The smallest absolute Gasteiger partial charge is 0.244 e. The van der Waals surface area contributed by atoms with Gasteiger partial charge in [-0.1, -0.05) is 25.4 Å². The molecule has 0 radical (unpaired) electrons. The van der Waals surface area contributed by atoms with Crippen LogP contribution in [0, 0.1) is 12.8 Å². The van der Waals surface area contributed by atoms with Gasteiger partial charge in [0.15, 0.2) is 0 Å². The summed E-state index contributed by atoms with van der Waals surface area (Å²) < 4.78 is 14.4. The van der Waals surface area contributed by atoms with Gasteiger partial charge in [0.25, 0.3) is 0 Å². The summed E-state index contributed by atoms with van der Waals surface area (Å²) in [6.45, 7) is 6.78. The number of imidazole rings is 1. The molecular formula is C24H30ClN5O3. The van der Waals surface area contributed by atoms with Gasteiger partial charge in [-0.05, 0) is 36.6 Å². The Labute approximate surface area is 199 Å². The molecule has 0 fully saturated rings. The lowest BCUT2D eigenvalue weighted by Gasteiger charge is -2.20. The molecule has 2 aromatic heterocycles. The molecule has 1 N–H and O–H groups in total. The fourth-order valence-corrected chi connectivity index (χ4v) is 3.83. The molecule has 0 aliphatic carbocycles. The van der Waals surface area contributed by atoms with E-state index in [4.69, 9.17) is 21.1 Å². The Hall–Kier alpha value is -3.26. The van der Waals surface area contributed by atoms with Crippen LogP contribution < -0.4 is 14.8 Å². The maximum Gasteiger partial charge on any atom is 0.244 e. The van der Waals surface area contributed by atoms with E-state index in [0.29, 0.717) is 34.9 Å². The van der Waals surface area contributed by atoms with Crippen LogP contribution in [0.2, 0.25) is 5.15 Å². The predicted octanol–water partition coefficient (Wildman–Crippen LogP) is 4.17. The van der Waals surface area contributed by atoms with Crippen LogP contribution in [0.5, 0.6) is 11.5 Å². The first-order valence-electron chi connectivity index (χ1n) is 10.6. The first-order valence-corrected chi connectivity index (χ1v) is 11.0. The fourth-order valence-electron chi connectivity index (χ4n) is 3.52. The van der Waals surface area contributed by atoms with Crippen LogP contribution in [0.1, 0.15) is 42.5 Å². The molecule has 176 valence electrons. The third kappa shape index (κ3) is 5.76. The second kappa shape index (κ2) is 10.6. The summed E-state index contributed by atoms with van der Waals surface area (Å²) in [5, 5.41) is 8.04. The van der Waals surface area contributed by atoms with Crippen molar-refractivity contribution in [2.45, 2.75) is 33.4 Å². The predicted molar refractivity (Wildman–Crippen MR) is 129 cm³/mol. The van der Waals surface area contributed by atoms with Gasteiger partial charge in [-0.2, -0.15) is 5.10 Å². The second-order valence-electron chi connectivity index (χ2n) is 8.18. The van der Waals surface area contributed by atoms with Crippen molar-refractivity contribution in [3.8, 4) is 11.5 Å². The average molecular weight is 472 g/mol. The monoisotopic (exact) mass is 471 g/mol. The van der Waals surface area contributed by atoms with E-state index in [1.54, 1.807) is 37.2 Å². The molecule has 3 aromatic rings. The van der Waals surface area contributed by atoms with Crippen LogP contribution in [0.3, 0.4) is 0 Å². The van der Waals surface area contributed by atoms with Crippen molar-refractivity contribution in [2.24, 2.45) is 13.0 Å². The van der Waals surface area contributed by atoms with E-state index < -0.39 is 6.04 Å². The third-order valence-corrected chi connectivity index (χ3v) is 5.56. The minimum atomic E-state index is -0.522. The molecule has 1 unspecified atom stereocenters. The van der Waals surface area contributed by atoms with Crippen LogP contribution >= 0.6 is 11.6 Å². The highest BCUT2D eigenvalue weighted by atomic mass is 35.5. The van der Waals surface area contributed by atoms with E-state index in [2.05, 4.69) is 29.2 Å². The number of aromatic nitrogens is 4. The minimum absolute atomic E-state index is 0.295. The van der Waals surface area contributed by atoms with Crippen LogP contribution in [0.4, 0.5) is 0 Å². The van der Waals surface area contributed by atoms with Gasteiger partial charge in [0, 0.05) is 43.7 Å². The maximum atomic E-state index is 13.0. The van der Waals surface area contributed by atoms with Crippen molar-refractivity contribution in [1.82, 2.24) is 24.6 Å². The number of amides is 1. The lowest BCUT2D eigenvalue weighted by Crippen LogP contribution is -2.29. The van der Waals surface area contributed by atoms with Gasteiger partial charge in [0.05, 0.1) is 19.9 Å². The van der Waals surface area contributed by atoms with E-state index in [1.807, 2.05) is 36.9 Å². The summed E-state index contributed by atoms with van der Waals surface area (Å²) in [6, 6.07) is 4.96. The molecule has 8 nitrogen and oxygen atoms in total. The van der Waals surface area contributed by atoms with Crippen molar-refractivity contribution in [1.29, 1.82) is 0 Å². The summed E-state index contributed by atoms with van der Waals surface area (Å²) in [6.07, 6.45) is 6.67. The van der Waals surface area contributed by atoms with Gasteiger partial charge < -0.3 is 19.4 Å². The highest BCUT2D eigenvalue weighted by molar-refractivity contribution is 6.31. The Morgan fingerprint density at radius 3 is 2.42 bits per heavy atom. The average Bonchev–Trinajstić information content (AvgIpc) is 3.32. The molecular weight excluding hydrogens is 442 g/mol. The Kier molecular flexibility index (Phi) is 7.81. The van der Waals surface area contributed by atoms with Crippen molar-refractivity contribution < 1.29 is 14.3 Å². The quantitative estimate of drug-likeness (QED) is 0.473. The van der Waals surface area contributed by atoms with E-state index in [1.165, 1.54) is 6.08 Å². The van der Waals surface area contributed by atoms with Crippen molar-refractivity contribution >= 4 is 23.6 Å². The number of hydrogen-bond donors (Lipinski definition) is 1. The van der Waals surface area contributed by atoms with Crippen LogP contribution in [0.15, 0.2) is 36.7 Å². The number of carbonyl (C=O) groups is 1. The number of ether oxygens (including phenoxy) is 2. The van der Waals surface area contributed by atoms with Gasteiger partial charge in [0.2, 0.25) is 5.91 Å². The molecule has 0 saturated carbocycles. The molecule has 0 bridgehead atoms. The molecule has 33 heavy (non-hydrogen) atoms. The Morgan fingerprint density at radius 1 is 1.21 bits per heavy atom. The van der Waals surface area contributed by atoms with E-state index >= 15 is 0 Å². The highest BCUT2D eigenvalue weighted by Crippen LogP contribution is 2.29. The fraction of sp³-hybridized carbons (Fsp3) is 0.375. The molecule has 1 aromatic carbocycles. The molecule has 1 amide bonds. The molecule has 0 saturated heterocycles. The van der Waals surface area contributed by atoms with Crippen LogP contribution in [-0.2, 0) is 18.4 Å². The Morgan fingerprint density at radius 2 is 1.88 bits per heavy atom. The highest BCUT2D eigenvalue weighted by Gasteiger charge is 2.22. The topological polar surface area (TPSA) is 83.2 Å². The van der Waals surface area contributed by atoms with Crippen molar-refractivity contribution in [3.63, 3.8) is 0 Å². The number of carbonyl (C=O) groups excluding carboxylic acids is 1. The number of hydrogen-bond acceptors (Lipinski definition) is 5. The first kappa shape index (κ1) is 24.4. The van der Waals surface area contributed by atoms with Gasteiger partial charge >= 0.3 is 0 Å². The number of methoxy groups -OCH3 is 2. The summed E-state index contributed by atoms with van der Waals surface area (Å²) in [4.78, 5) is 17.4. The minimum Gasteiger partial charge on any atom is -0.497 e. The molecule has 3 rings (SSSR count). The first-order chi connectivity index (χ1) is 15.7. The van der Waals surface area contributed by atoms with Gasteiger partial charge in [-0.3, -0.25) is 9.48 Å². The van der Waals surface area contributed by atoms with Gasteiger partial charge in [0.1, 0.15) is 28.5 Å². The van der Waals surface area contributed by atoms with Crippen molar-refractivity contribution in [3.05, 3.63) is 64.5 Å². The zero-order chi connectivity index (χ0) is 24.1. The number of halogens is 1. The normalized spacial score (nSPS) is 12.4. The number of benzene rings is 1. The zero-order valence-corrected chi connectivity index (χ0v) is 20.6. The summed E-state index contributed by atoms with van der Waals surface area (Å²) in [7, 11) is 5.04. The molecule has 0 aliphatic rings. The van der Waals surface area contributed by atoms with Crippen LogP contribution in [-0.4, -0.2) is 39.5 Å². The van der Waals surface area contributed by atoms with Gasteiger partial charge in [-0.15, -0.1) is 0 Å². The molecule has 0 spiro atoms. The largest absolute Gasteiger partial charge is 0.497 e. The number of rotatable bonds is 9. The SMILES string of the molecule is COc1cc(OC)cc(C(NC(=O)/C=C/c2c(C)nn(CC(C)C)c2Cl)c2nccn2C)c1. The maximum absolute atomic E-state index is 13.0. The van der Waals surface area contributed by atoms with Crippen molar-refractivity contribution in [2.75, 3.05) is 14.2 Å². The zero-order valence-electron chi connectivity index (χ0n) is 19.8. The Balaban J connectivity index is 1.90. The lowest BCUT2D eigenvalue weighted by atomic mass is 10.0.